The molecule has 1 aliphatic heterocycles. The van der Waals surface area contributed by atoms with E-state index in [1.165, 1.54) is 43.7 Å². The summed E-state index contributed by atoms with van der Waals surface area (Å²) in [5.74, 6) is 2.06. The van der Waals surface area contributed by atoms with E-state index in [-0.39, 0.29) is 0 Å². The number of hydrogen-bond donors (Lipinski definition) is 1. The molecule has 0 spiro atoms. The average molecular weight is 247 g/mol. The van der Waals surface area contributed by atoms with E-state index in [1.54, 1.807) is 0 Å². The van der Waals surface area contributed by atoms with Crippen LogP contribution in [-0.2, 0) is 6.54 Å². The molecule has 1 aromatic rings. The van der Waals surface area contributed by atoms with Crippen molar-refractivity contribution < 1.29 is 0 Å². The molecular weight excluding hydrogens is 222 g/mol. The fraction of sp³-hybridized carbons (Fsp3) is 0.667. The fourth-order valence-corrected chi connectivity index (χ4v) is 2.78. The number of nitrogens with one attached hydrogen (secondary N) is 1. The molecule has 1 aliphatic rings. The van der Waals surface area contributed by atoms with Gasteiger partial charge in [-0.1, -0.05) is 26.3 Å². The van der Waals surface area contributed by atoms with Crippen molar-refractivity contribution >= 4 is 5.82 Å². The Morgan fingerprint density at radius 3 is 3.11 bits per heavy atom. The molecule has 2 heterocycles. The molecule has 100 valence electrons. The molecule has 1 unspecified atom stereocenters. The van der Waals surface area contributed by atoms with E-state index in [1.807, 2.05) is 12.3 Å². The number of hydrogen-bond acceptors (Lipinski definition) is 3. The second-order valence-electron chi connectivity index (χ2n) is 5.16. The molecule has 1 fully saturated rings. The summed E-state index contributed by atoms with van der Waals surface area (Å²) in [6.07, 6.45) is 5.89. The zero-order valence-corrected chi connectivity index (χ0v) is 11.7. The van der Waals surface area contributed by atoms with Gasteiger partial charge in [0.25, 0.3) is 0 Å². The van der Waals surface area contributed by atoms with E-state index in [9.17, 15) is 0 Å². The Labute approximate surface area is 111 Å². The van der Waals surface area contributed by atoms with Crippen LogP contribution in [0.25, 0.3) is 0 Å². The van der Waals surface area contributed by atoms with Crippen LogP contribution >= 0.6 is 0 Å². The molecule has 1 saturated heterocycles. The largest absolute Gasteiger partial charge is 0.356 e. The molecule has 1 atom stereocenters. The van der Waals surface area contributed by atoms with E-state index in [0.717, 1.165) is 19.0 Å². The molecule has 0 saturated carbocycles. The van der Waals surface area contributed by atoms with Crippen LogP contribution in [0.2, 0.25) is 0 Å². The van der Waals surface area contributed by atoms with Gasteiger partial charge in [-0.25, -0.2) is 4.98 Å². The van der Waals surface area contributed by atoms with Crippen LogP contribution in [0, 0.1) is 5.92 Å². The second-order valence-corrected chi connectivity index (χ2v) is 5.16. The zero-order valence-electron chi connectivity index (χ0n) is 11.7. The van der Waals surface area contributed by atoms with Crippen molar-refractivity contribution in [3.8, 4) is 0 Å². The number of pyridine rings is 1. The topological polar surface area (TPSA) is 28.2 Å². The summed E-state index contributed by atoms with van der Waals surface area (Å²) >= 11 is 0. The first-order chi connectivity index (χ1) is 8.85. The maximum absolute atomic E-state index is 4.59. The van der Waals surface area contributed by atoms with Crippen molar-refractivity contribution in [1.82, 2.24) is 10.3 Å². The Morgan fingerprint density at radius 2 is 2.33 bits per heavy atom. The van der Waals surface area contributed by atoms with Gasteiger partial charge in [-0.3, -0.25) is 0 Å². The highest BCUT2D eigenvalue weighted by Crippen LogP contribution is 2.27. The summed E-state index contributed by atoms with van der Waals surface area (Å²) in [7, 11) is 0. The van der Waals surface area contributed by atoms with E-state index in [2.05, 4.69) is 35.1 Å². The van der Waals surface area contributed by atoms with Crippen molar-refractivity contribution in [3.05, 3.63) is 23.9 Å². The average Bonchev–Trinajstić information content (AvgIpc) is 2.86. The quantitative estimate of drug-likeness (QED) is 0.838. The molecule has 0 aromatic carbocycles. The molecule has 0 bridgehead atoms. The Kier molecular flexibility index (Phi) is 5.00. The molecule has 3 heteroatoms. The minimum atomic E-state index is 0.865. The number of anilines is 1. The van der Waals surface area contributed by atoms with Gasteiger partial charge < -0.3 is 10.2 Å². The van der Waals surface area contributed by atoms with Gasteiger partial charge in [-0.2, -0.15) is 0 Å². The van der Waals surface area contributed by atoms with Crippen molar-refractivity contribution in [2.24, 2.45) is 5.92 Å². The molecule has 3 nitrogen and oxygen atoms in total. The Hall–Kier alpha value is -1.09. The van der Waals surface area contributed by atoms with Gasteiger partial charge in [-0.05, 0) is 31.4 Å². The van der Waals surface area contributed by atoms with Gasteiger partial charge >= 0.3 is 0 Å². The van der Waals surface area contributed by atoms with Gasteiger partial charge in [0.05, 0.1) is 0 Å². The molecule has 1 aromatic heterocycles. The highest BCUT2D eigenvalue weighted by Gasteiger charge is 2.23. The minimum Gasteiger partial charge on any atom is -0.356 e. The third-order valence-electron chi connectivity index (χ3n) is 3.72. The van der Waals surface area contributed by atoms with Crippen molar-refractivity contribution in [2.45, 2.75) is 39.7 Å². The number of nitrogens with zero attached hydrogens (tertiary/aromatic N) is 2. The lowest BCUT2D eigenvalue weighted by Gasteiger charge is -2.20. The van der Waals surface area contributed by atoms with Crippen LogP contribution in [0.3, 0.4) is 0 Å². The normalized spacial score (nSPS) is 19.4. The third-order valence-corrected chi connectivity index (χ3v) is 3.72. The lowest BCUT2D eigenvalue weighted by molar-refractivity contribution is 0.529. The Morgan fingerprint density at radius 1 is 1.44 bits per heavy atom. The zero-order chi connectivity index (χ0) is 12.8. The molecular formula is C15H25N3. The van der Waals surface area contributed by atoms with E-state index in [4.69, 9.17) is 0 Å². The van der Waals surface area contributed by atoms with Crippen LogP contribution in [0.5, 0.6) is 0 Å². The summed E-state index contributed by atoms with van der Waals surface area (Å²) in [6.45, 7) is 8.70. The number of aromatic nitrogens is 1. The lowest BCUT2D eigenvalue weighted by Crippen LogP contribution is -2.24. The van der Waals surface area contributed by atoms with Crippen molar-refractivity contribution in [2.75, 3.05) is 24.5 Å². The first-order valence-corrected chi connectivity index (χ1v) is 7.24. The van der Waals surface area contributed by atoms with Gasteiger partial charge in [0.15, 0.2) is 0 Å². The minimum absolute atomic E-state index is 0.865. The Bertz CT molecular complexity index is 365. The van der Waals surface area contributed by atoms with Gasteiger partial charge in [0.1, 0.15) is 5.82 Å². The smallest absolute Gasteiger partial charge is 0.133 e. The first-order valence-electron chi connectivity index (χ1n) is 7.24. The van der Waals surface area contributed by atoms with Crippen molar-refractivity contribution in [3.63, 3.8) is 0 Å². The van der Waals surface area contributed by atoms with Gasteiger partial charge in [-0.15, -0.1) is 0 Å². The van der Waals surface area contributed by atoms with Crippen LogP contribution in [-0.4, -0.2) is 24.6 Å². The summed E-state index contributed by atoms with van der Waals surface area (Å²) < 4.78 is 0. The summed E-state index contributed by atoms with van der Waals surface area (Å²) in [6, 6.07) is 4.23. The summed E-state index contributed by atoms with van der Waals surface area (Å²) in [5, 5.41) is 3.40. The predicted octanol–water partition coefficient (Wildman–Crippen LogP) is 2.82. The maximum Gasteiger partial charge on any atom is 0.133 e. The van der Waals surface area contributed by atoms with E-state index >= 15 is 0 Å². The van der Waals surface area contributed by atoms with E-state index < -0.39 is 0 Å². The number of rotatable bonds is 6. The standard InChI is InChI=1S/C15H25N3/c1-3-6-13-8-10-18(12-13)15-14(11-16-4-2)7-5-9-17-15/h5,7,9,13,16H,3-4,6,8,10-12H2,1-2H3. The molecule has 0 radical (unpaired) electrons. The second kappa shape index (κ2) is 6.74. The molecule has 0 aliphatic carbocycles. The van der Waals surface area contributed by atoms with Crippen LogP contribution in [0.1, 0.15) is 38.7 Å². The third kappa shape index (κ3) is 3.22. The predicted molar refractivity (Wildman–Crippen MR) is 76.8 cm³/mol. The highest BCUT2D eigenvalue weighted by atomic mass is 15.2. The molecule has 18 heavy (non-hydrogen) atoms. The molecule has 0 amide bonds. The summed E-state index contributed by atoms with van der Waals surface area (Å²) in [5.41, 5.74) is 1.33. The molecule has 1 N–H and O–H groups in total. The monoisotopic (exact) mass is 247 g/mol. The SMILES string of the molecule is CCCC1CCN(c2ncccc2CNCC)C1. The lowest BCUT2D eigenvalue weighted by atomic mass is 10.0. The first kappa shape index (κ1) is 13.3. The van der Waals surface area contributed by atoms with Crippen molar-refractivity contribution in [1.29, 1.82) is 0 Å². The fourth-order valence-electron chi connectivity index (χ4n) is 2.78. The van der Waals surface area contributed by atoms with Crippen LogP contribution < -0.4 is 10.2 Å². The Balaban J connectivity index is 2.04. The van der Waals surface area contributed by atoms with E-state index in [0.29, 0.717) is 0 Å². The van der Waals surface area contributed by atoms with Crippen LogP contribution in [0.4, 0.5) is 5.82 Å². The van der Waals surface area contributed by atoms with Gasteiger partial charge in [0, 0.05) is 31.4 Å². The maximum atomic E-state index is 4.59. The molecule has 2 rings (SSSR count). The summed E-state index contributed by atoms with van der Waals surface area (Å²) in [4.78, 5) is 7.06. The van der Waals surface area contributed by atoms with Crippen LogP contribution in [0.15, 0.2) is 18.3 Å². The van der Waals surface area contributed by atoms with Gasteiger partial charge in [0.2, 0.25) is 0 Å². The highest BCUT2D eigenvalue weighted by molar-refractivity contribution is 5.47.